The quantitative estimate of drug-likeness (QED) is 0.263. The molecular weight excluding hydrogens is 480 g/mol. The number of aromatic nitrogens is 5. The molecule has 1 aliphatic heterocycles. The minimum absolute atomic E-state index is 0.664. The largest absolute Gasteiger partial charge is 0.491 e. The molecule has 8 heteroatoms. The van der Waals surface area contributed by atoms with Crippen molar-refractivity contribution in [3.63, 3.8) is 0 Å². The zero-order valence-corrected chi connectivity index (χ0v) is 21.1. The third-order valence-electron chi connectivity index (χ3n) is 7.04. The first-order chi connectivity index (χ1) is 18.3. The Kier molecular flexibility index (Phi) is 5.68. The number of rotatable bonds is 7. The number of nitrogens with zero attached hydrogens (tertiary/aromatic N) is 4. The molecule has 1 aliphatic rings. The number of fused-ring (bicyclic) bond motifs is 2. The van der Waals surface area contributed by atoms with E-state index < -0.39 is 0 Å². The summed E-state index contributed by atoms with van der Waals surface area (Å²) in [4.78, 5) is 15.4. The van der Waals surface area contributed by atoms with E-state index in [0.717, 1.165) is 51.5 Å². The van der Waals surface area contributed by atoms with Gasteiger partial charge in [-0.15, -0.1) is 0 Å². The summed E-state index contributed by atoms with van der Waals surface area (Å²) in [7, 11) is 0. The summed E-state index contributed by atoms with van der Waals surface area (Å²) in [6.07, 6.45) is 6.17. The lowest BCUT2D eigenvalue weighted by molar-refractivity contribution is 0.237. The smallest absolute Gasteiger partial charge is 0.138 e. The lowest BCUT2D eigenvalue weighted by Crippen LogP contribution is -2.25. The van der Waals surface area contributed by atoms with Crippen LogP contribution in [0.4, 0.5) is 0 Å². The van der Waals surface area contributed by atoms with Gasteiger partial charge in [-0.2, -0.15) is 16.4 Å². The van der Waals surface area contributed by atoms with E-state index in [0.29, 0.717) is 6.61 Å². The van der Waals surface area contributed by atoms with E-state index in [9.17, 15) is 0 Å². The summed E-state index contributed by atoms with van der Waals surface area (Å²) in [6, 6.07) is 16.7. The van der Waals surface area contributed by atoms with E-state index in [-0.39, 0.29) is 0 Å². The van der Waals surface area contributed by atoms with Gasteiger partial charge in [-0.05, 0) is 84.2 Å². The summed E-state index contributed by atoms with van der Waals surface area (Å²) in [5, 5.41) is 13.2. The Morgan fingerprint density at radius 2 is 1.92 bits per heavy atom. The Balaban J connectivity index is 1.20. The van der Waals surface area contributed by atoms with Crippen molar-refractivity contribution in [2.75, 3.05) is 26.2 Å². The molecule has 7 nitrogen and oxygen atoms in total. The maximum absolute atomic E-state index is 6.02. The normalized spacial score (nSPS) is 14.2. The van der Waals surface area contributed by atoms with Crippen molar-refractivity contribution in [1.29, 1.82) is 0 Å². The number of thiophene rings is 1. The van der Waals surface area contributed by atoms with E-state index in [2.05, 4.69) is 66.2 Å². The molecule has 0 bridgehead atoms. The Labute approximate surface area is 218 Å². The van der Waals surface area contributed by atoms with Crippen LogP contribution in [0.15, 0.2) is 71.7 Å². The lowest BCUT2D eigenvalue weighted by Gasteiger charge is -2.15. The molecule has 1 aromatic carbocycles. The monoisotopic (exact) mass is 506 g/mol. The molecule has 1 saturated heterocycles. The summed E-state index contributed by atoms with van der Waals surface area (Å²) >= 11 is 1.71. The van der Waals surface area contributed by atoms with Crippen molar-refractivity contribution in [3.05, 3.63) is 71.7 Å². The predicted octanol–water partition coefficient (Wildman–Crippen LogP) is 6.37. The molecule has 6 heterocycles. The second-order valence-corrected chi connectivity index (χ2v) is 10.2. The van der Waals surface area contributed by atoms with Crippen LogP contribution >= 0.6 is 11.3 Å². The van der Waals surface area contributed by atoms with Crippen LogP contribution in [0.3, 0.4) is 0 Å². The van der Waals surface area contributed by atoms with E-state index in [4.69, 9.17) is 9.72 Å². The summed E-state index contributed by atoms with van der Waals surface area (Å²) in [5.74, 6) is 0.766. The van der Waals surface area contributed by atoms with E-state index in [1.807, 2.05) is 24.4 Å². The average molecular weight is 507 g/mol. The van der Waals surface area contributed by atoms with Gasteiger partial charge in [0, 0.05) is 29.2 Å². The highest BCUT2D eigenvalue weighted by Gasteiger charge is 2.16. The molecule has 184 valence electrons. The first-order valence-corrected chi connectivity index (χ1v) is 13.6. The number of hydrogen-bond donors (Lipinski definition) is 2. The van der Waals surface area contributed by atoms with E-state index >= 15 is 0 Å². The van der Waals surface area contributed by atoms with Gasteiger partial charge in [-0.1, -0.05) is 12.1 Å². The number of benzene rings is 1. The van der Waals surface area contributed by atoms with Crippen LogP contribution in [0.2, 0.25) is 0 Å². The fraction of sp³-hybridized carbons (Fsp3) is 0.207. The highest BCUT2D eigenvalue weighted by atomic mass is 32.1. The minimum Gasteiger partial charge on any atom is -0.491 e. The highest BCUT2D eigenvalue weighted by Crippen LogP contribution is 2.35. The molecule has 2 N–H and O–H groups in total. The average Bonchev–Trinajstić information content (AvgIpc) is 3.74. The number of pyridine rings is 2. The maximum Gasteiger partial charge on any atom is 0.138 e. The van der Waals surface area contributed by atoms with Crippen LogP contribution in [-0.2, 0) is 0 Å². The van der Waals surface area contributed by atoms with Crippen LogP contribution in [0, 0.1) is 0 Å². The fourth-order valence-electron chi connectivity index (χ4n) is 5.14. The SMILES string of the molecule is c1cc(-c2ccsc2)c2cc(-c3n[nH]c4ccc(-c5cncc(OCCN6CCCC6)c5)nc34)[nH]c2c1. The second-order valence-electron chi connectivity index (χ2n) is 9.43. The summed E-state index contributed by atoms with van der Waals surface area (Å²) < 4.78 is 6.02. The van der Waals surface area contributed by atoms with Gasteiger partial charge < -0.3 is 9.72 Å². The van der Waals surface area contributed by atoms with Gasteiger partial charge in [0.2, 0.25) is 0 Å². The van der Waals surface area contributed by atoms with E-state index in [1.165, 1.54) is 42.4 Å². The first kappa shape index (κ1) is 22.2. The molecule has 1 fully saturated rings. The fourth-order valence-corrected chi connectivity index (χ4v) is 5.79. The third kappa shape index (κ3) is 4.28. The van der Waals surface area contributed by atoms with Gasteiger partial charge in [0.25, 0.3) is 0 Å². The first-order valence-electron chi connectivity index (χ1n) is 12.6. The molecule has 0 radical (unpaired) electrons. The number of hydrogen-bond acceptors (Lipinski definition) is 6. The van der Waals surface area contributed by atoms with Gasteiger partial charge in [0.05, 0.1) is 23.1 Å². The lowest BCUT2D eigenvalue weighted by atomic mass is 10.0. The molecule has 5 aromatic heterocycles. The second kappa shape index (κ2) is 9.46. The highest BCUT2D eigenvalue weighted by molar-refractivity contribution is 7.08. The van der Waals surface area contributed by atoms with Gasteiger partial charge in [0.15, 0.2) is 0 Å². The molecule has 6 aromatic rings. The Hall–Kier alpha value is -4.01. The van der Waals surface area contributed by atoms with Crippen molar-refractivity contribution in [2.45, 2.75) is 12.8 Å². The molecule has 0 aliphatic carbocycles. The molecular formula is C29H26N6OS. The van der Waals surface area contributed by atoms with Crippen LogP contribution in [0.25, 0.3) is 55.7 Å². The maximum atomic E-state index is 6.02. The summed E-state index contributed by atoms with van der Waals surface area (Å²) in [5.41, 5.74) is 8.72. The zero-order chi connectivity index (χ0) is 24.6. The zero-order valence-electron chi connectivity index (χ0n) is 20.3. The molecule has 0 atom stereocenters. The van der Waals surface area contributed by atoms with Crippen LogP contribution in [0.1, 0.15) is 12.8 Å². The Morgan fingerprint density at radius 1 is 0.973 bits per heavy atom. The van der Waals surface area contributed by atoms with Crippen LogP contribution < -0.4 is 4.74 Å². The molecule has 37 heavy (non-hydrogen) atoms. The minimum atomic E-state index is 0.664. The van der Waals surface area contributed by atoms with Crippen LogP contribution in [0.5, 0.6) is 5.75 Å². The predicted molar refractivity (Wildman–Crippen MR) is 149 cm³/mol. The van der Waals surface area contributed by atoms with Crippen molar-refractivity contribution in [2.24, 2.45) is 0 Å². The van der Waals surface area contributed by atoms with Crippen molar-refractivity contribution >= 4 is 33.3 Å². The number of ether oxygens (including phenoxy) is 1. The van der Waals surface area contributed by atoms with Crippen molar-refractivity contribution < 1.29 is 4.74 Å². The van der Waals surface area contributed by atoms with Crippen molar-refractivity contribution in [1.82, 2.24) is 30.0 Å². The van der Waals surface area contributed by atoms with E-state index in [1.54, 1.807) is 17.5 Å². The summed E-state index contributed by atoms with van der Waals surface area (Å²) in [6.45, 7) is 3.96. The van der Waals surface area contributed by atoms with Crippen LogP contribution in [-0.4, -0.2) is 56.3 Å². The Morgan fingerprint density at radius 3 is 2.81 bits per heavy atom. The standard InChI is InChI=1S/C29H26N6OS/c1-2-10-35(9-1)11-12-36-21-14-20(16-30-17-21)24-6-7-26-28(32-24)29(34-33-26)27-15-23-22(19-8-13-37-18-19)4-3-5-25(23)31-27/h3-8,13-18,31H,1-2,9-12H2,(H,33,34). The molecule has 0 amide bonds. The van der Waals surface area contributed by atoms with Gasteiger partial charge in [0.1, 0.15) is 23.6 Å². The third-order valence-corrected chi connectivity index (χ3v) is 7.73. The van der Waals surface area contributed by atoms with Crippen molar-refractivity contribution in [3.8, 4) is 39.5 Å². The number of likely N-dealkylation sites (tertiary alicyclic amines) is 1. The number of H-pyrrole nitrogens is 2. The topological polar surface area (TPSA) is 82.7 Å². The molecule has 0 spiro atoms. The number of nitrogens with one attached hydrogen (secondary N) is 2. The molecule has 7 rings (SSSR count). The van der Waals surface area contributed by atoms with Gasteiger partial charge in [-0.25, -0.2) is 4.98 Å². The van der Waals surface area contributed by atoms with Gasteiger partial charge >= 0.3 is 0 Å². The molecule has 0 unspecified atom stereocenters. The number of aromatic amines is 2. The Bertz CT molecular complexity index is 1680. The molecule has 0 saturated carbocycles. The van der Waals surface area contributed by atoms with Gasteiger partial charge in [-0.3, -0.25) is 15.0 Å².